The van der Waals surface area contributed by atoms with Gasteiger partial charge in [0, 0.05) is 12.7 Å². The van der Waals surface area contributed by atoms with Gasteiger partial charge in [0.2, 0.25) is 10.0 Å². The Morgan fingerprint density at radius 2 is 1.81 bits per heavy atom. The van der Waals surface area contributed by atoms with E-state index in [-0.39, 0.29) is 14.9 Å². The van der Waals surface area contributed by atoms with Crippen LogP contribution in [-0.4, -0.2) is 28.2 Å². The van der Waals surface area contributed by atoms with Crippen LogP contribution >= 0.6 is 23.2 Å². The molecule has 1 rings (SSSR count). The maximum absolute atomic E-state index is 11.3. The first-order chi connectivity index (χ1) is 9.71. The lowest BCUT2D eigenvalue weighted by atomic mass is 10.1. The van der Waals surface area contributed by atoms with Crippen molar-refractivity contribution in [1.29, 1.82) is 0 Å². The number of sulfonamides is 1. The maximum Gasteiger partial charge on any atom is 0.239 e. The fraction of sp³-hybridized carbons (Fsp3) is 0.538. The van der Waals surface area contributed by atoms with Gasteiger partial charge in [-0.15, -0.1) is 0 Å². The summed E-state index contributed by atoms with van der Waals surface area (Å²) in [5.74, 6) is 0.881. The number of primary sulfonamides is 1. The van der Waals surface area contributed by atoms with Crippen molar-refractivity contribution in [1.82, 2.24) is 0 Å². The zero-order valence-electron chi connectivity index (χ0n) is 11.9. The summed E-state index contributed by atoms with van der Waals surface area (Å²) in [7, 11) is -3.91. The summed E-state index contributed by atoms with van der Waals surface area (Å²) in [6.45, 7) is 5.61. The summed E-state index contributed by atoms with van der Waals surface area (Å²) >= 11 is 11.8. The van der Waals surface area contributed by atoms with E-state index in [2.05, 4.69) is 13.8 Å². The minimum atomic E-state index is -3.91. The average Bonchev–Trinajstić information content (AvgIpc) is 2.35. The van der Waals surface area contributed by atoms with E-state index in [4.69, 9.17) is 37.8 Å². The zero-order chi connectivity index (χ0) is 16.0. The molecule has 0 amide bonds. The first kappa shape index (κ1) is 18.5. The van der Waals surface area contributed by atoms with Gasteiger partial charge in [-0.2, -0.15) is 0 Å². The van der Waals surface area contributed by atoms with Gasteiger partial charge in [-0.25, -0.2) is 13.6 Å². The SMILES string of the molecule is CC(C)CCOCCOc1cc(Cl)c(S(N)(=O)=O)cc1Cl. The van der Waals surface area contributed by atoms with Crippen LogP contribution in [0.5, 0.6) is 5.75 Å². The second-order valence-corrected chi connectivity index (χ2v) is 7.25. The van der Waals surface area contributed by atoms with Crippen molar-refractivity contribution < 1.29 is 17.9 Å². The fourth-order valence-electron chi connectivity index (χ4n) is 1.47. The summed E-state index contributed by atoms with van der Waals surface area (Å²) in [5, 5.41) is 5.12. The Kier molecular flexibility index (Phi) is 7.23. The summed E-state index contributed by atoms with van der Waals surface area (Å²) in [4.78, 5) is -0.227. The Balaban J connectivity index is 2.56. The van der Waals surface area contributed by atoms with Crippen LogP contribution in [0.2, 0.25) is 10.0 Å². The Morgan fingerprint density at radius 3 is 2.38 bits per heavy atom. The second kappa shape index (κ2) is 8.19. The van der Waals surface area contributed by atoms with Gasteiger partial charge in [-0.3, -0.25) is 0 Å². The molecule has 0 fully saturated rings. The molecule has 8 heteroatoms. The third kappa shape index (κ3) is 6.40. The molecule has 0 aliphatic heterocycles. The molecule has 1 aromatic carbocycles. The van der Waals surface area contributed by atoms with Gasteiger partial charge >= 0.3 is 0 Å². The van der Waals surface area contributed by atoms with Gasteiger partial charge in [0.1, 0.15) is 17.3 Å². The lowest BCUT2D eigenvalue weighted by Crippen LogP contribution is -2.13. The molecular formula is C13H19Cl2NO4S. The number of hydrogen-bond acceptors (Lipinski definition) is 4. The van der Waals surface area contributed by atoms with Crippen molar-refractivity contribution in [2.75, 3.05) is 19.8 Å². The molecule has 1 aromatic rings. The smallest absolute Gasteiger partial charge is 0.239 e. The highest BCUT2D eigenvalue weighted by molar-refractivity contribution is 7.89. The van der Waals surface area contributed by atoms with Gasteiger partial charge in [-0.05, 0) is 18.4 Å². The number of ether oxygens (including phenoxy) is 2. The Labute approximate surface area is 135 Å². The van der Waals surface area contributed by atoms with Crippen LogP contribution in [0.25, 0.3) is 0 Å². The Bertz CT molecular complexity index is 576. The highest BCUT2D eigenvalue weighted by Crippen LogP contribution is 2.33. The lowest BCUT2D eigenvalue weighted by molar-refractivity contribution is 0.0926. The molecule has 0 radical (unpaired) electrons. The lowest BCUT2D eigenvalue weighted by Gasteiger charge is -2.11. The number of halogens is 2. The summed E-state index contributed by atoms with van der Waals surface area (Å²) in [6, 6.07) is 2.51. The number of rotatable bonds is 8. The quantitative estimate of drug-likeness (QED) is 0.726. The fourth-order valence-corrected chi connectivity index (χ4v) is 2.84. The number of benzene rings is 1. The van der Waals surface area contributed by atoms with E-state index in [0.717, 1.165) is 6.42 Å². The predicted octanol–water partition coefficient (Wildman–Crippen LogP) is 3.08. The van der Waals surface area contributed by atoms with Crippen molar-refractivity contribution >= 4 is 33.2 Å². The minimum Gasteiger partial charge on any atom is -0.490 e. The van der Waals surface area contributed by atoms with Crippen LogP contribution in [0.15, 0.2) is 17.0 Å². The van der Waals surface area contributed by atoms with E-state index < -0.39 is 10.0 Å². The Morgan fingerprint density at radius 1 is 1.14 bits per heavy atom. The van der Waals surface area contributed by atoms with Crippen molar-refractivity contribution in [2.24, 2.45) is 11.1 Å². The third-order valence-corrected chi connectivity index (χ3v) is 4.29. The van der Waals surface area contributed by atoms with E-state index in [1.165, 1.54) is 12.1 Å². The van der Waals surface area contributed by atoms with Gasteiger partial charge in [-0.1, -0.05) is 37.0 Å². The van der Waals surface area contributed by atoms with Crippen LogP contribution < -0.4 is 9.88 Å². The average molecular weight is 356 g/mol. The van der Waals surface area contributed by atoms with Crippen LogP contribution in [0.4, 0.5) is 0 Å². The standard InChI is InChI=1S/C13H19Cl2NO4S/c1-9(2)3-4-19-5-6-20-12-7-11(15)13(8-10(12)14)21(16,17)18/h7-9H,3-6H2,1-2H3,(H2,16,17,18). The number of hydrogen-bond donors (Lipinski definition) is 1. The highest BCUT2D eigenvalue weighted by atomic mass is 35.5. The Hall–Kier alpha value is -0.530. The first-order valence-corrected chi connectivity index (χ1v) is 8.74. The van der Waals surface area contributed by atoms with Crippen molar-refractivity contribution in [2.45, 2.75) is 25.2 Å². The molecule has 0 saturated heterocycles. The molecule has 0 heterocycles. The molecule has 2 N–H and O–H groups in total. The van der Waals surface area contributed by atoms with E-state index in [9.17, 15) is 8.42 Å². The van der Waals surface area contributed by atoms with E-state index in [0.29, 0.717) is 31.5 Å². The molecule has 0 spiro atoms. The molecule has 0 aliphatic carbocycles. The molecule has 120 valence electrons. The second-order valence-electron chi connectivity index (χ2n) is 4.90. The highest BCUT2D eigenvalue weighted by Gasteiger charge is 2.16. The summed E-state index contributed by atoms with van der Waals surface area (Å²) in [5.41, 5.74) is 0. The van der Waals surface area contributed by atoms with E-state index in [1.807, 2.05) is 0 Å². The molecule has 0 aliphatic rings. The van der Waals surface area contributed by atoms with Gasteiger partial charge in [0.05, 0.1) is 16.7 Å². The predicted molar refractivity (Wildman–Crippen MR) is 83.6 cm³/mol. The maximum atomic E-state index is 11.3. The normalized spacial score (nSPS) is 11.9. The third-order valence-electron chi connectivity index (χ3n) is 2.62. The van der Waals surface area contributed by atoms with Gasteiger partial charge in [0.25, 0.3) is 0 Å². The molecule has 21 heavy (non-hydrogen) atoms. The molecule has 0 aromatic heterocycles. The molecule has 0 saturated carbocycles. The summed E-state index contributed by atoms with van der Waals surface area (Å²) < 4.78 is 33.4. The van der Waals surface area contributed by atoms with Crippen LogP contribution in [0.3, 0.4) is 0 Å². The van der Waals surface area contributed by atoms with Gasteiger partial charge < -0.3 is 9.47 Å². The molecule has 5 nitrogen and oxygen atoms in total. The number of nitrogens with two attached hydrogens (primary N) is 1. The molecule has 0 bridgehead atoms. The van der Waals surface area contributed by atoms with Crippen molar-refractivity contribution in [3.63, 3.8) is 0 Å². The minimum absolute atomic E-state index is 0.0300. The molecule has 0 atom stereocenters. The van der Waals surface area contributed by atoms with Crippen molar-refractivity contribution in [3.8, 4) is 5.75 Å². The van der Waals surface area contributed by atoms with Crippen LogP contribution in [0.1, 0.15) is 20.3 Å². The molecular weight excluding hydrogens is 337 g/mol. The topological polar surface area (TPSA) is 78.6 Å². The van der Waals surface area contributed by atoms with Crippen LogP contribution in [0, 0.1) is 5.92 Å². The first-order valence-electron chi connectivity index (χ1n) is 6.44. The largest absolute Gasteiger partial charge is 0.490 e. The monoisotopic (exact) mass is 355 g/mol. The van der Waals surface area contributed by atoms with Crippen molar-refractivity contribution in [3.05, 3.63) is 22.2 Å². The van der Waals surface area contributed by atoms with E-state index in [1.54, 1.807) is 0 Å². The summed E-state index contributed by atoms with van der Waals surface area (Å²) in [6.07, 6.45) is 0.982. The van der Waals surface area contributed by atoms with E-state index >= 15 is 0 Å². The molecule has 0 unspecified atom stereocenters. The van der Waals surface area contributed by atoms with Crippen LogP contribution in [-0.2, 0) is 14.8 Å². The zero-order valence-corrected chi connectivity index (χ0v) is 14.3. The van der Waals surface area contributed by atoms with Gasteiger partial charge in [0.15, 0.2) is 0 Å².